The Morgan fingerprint density at radius 3 is 2.81 bits per heavy atom. The van der Waals surface area contributed by atoms with Gasteiger partial charge in [-0.25, -0.2) is 4.39 Å². The van der Waals surface area contributed by atoms with Gasteiger partial charge in [-0.1, -0.05) is 30.3 Å². The van der Waals surface area contributed by atoms with Crippen LogP contribution in [-0.4, -0.2) is 29.6 Å². The van der Waals surface area contributed by atoms with Gasteiger partial charge in [0.1, 0.15) is 11.9 Å². The van der Waals surface area contributed by atoms with Gasteiger partial charge in [-0.15, -0.1) is 0 Å². The summed E-state index contributed by atoms with van der Waals surface area (Å²) >= 11 is 0. The molecule has 3 nitrogen and oxygen atoms in total. The zero-order chi connectivity index (χ0) is 14.7. The Balaban J connectivity index is 1.69. The van der Waals surface area contributed by atoms with Gasteiger partial charge in [-0.05, 0) is 24.6 Å². The number of pyridine rings is 1. The van der Waals surface area contributed by atoms with Gasteiger partial charge in [0.05, 0.1) is 18.0 Å². The Kier molecular flexibility index (Phi) is 4.27. The summed E-state index contributed by atoms with van der Waals surface area (Å²) in [6.07, 6.45) is -0.0817. The fraction of sp³-hybridized carbons (Fsp3) is 0.353. The zero-order valence-corrected chi connectivity index (χ0v) is 12.1. The highest BCUT2D eigenvalue weighted by molar-refractivity contribution is 5.16. The predicted octanol–water partition coefficient (Wildman–Crippen LogP) is 3.10. The predicted molar refractivity (Wildman–Crippen MR) is 79.3 cm³/mol. The van der Waals surface area contributed by atoms with Crippen LogP contribution in [0.3, 0.4) is 0 Å². The molecule has 2 aromatic rings. The molecule has 1 aromatic heterocycles. The molecular weight excluding hydrogens is 267 g/mol. The topological polar surface area (TPSA) is 25.4 Å². The van der Waals surface area contributed by atoms with Crippen molar-refractivity contribution in [1.82, 2.24) is 9.88 Å². The molecule has 4 heteroatoms. The third kappa shape index (κ3) is 3.46. The fourth-order valence-electron chi connectivity index (χ4n) is 2.61. The lowest BCUT2D eigenvalue weighted by Gasteiger charge is -2.32. The molecule has 1 saturated heterocycles. The Bertz CT molecular complexity index is 603. The number of hydrogen-bond donors (Lipinski definition) is 0. The molecule has 0 spiro atoms. The molecule has 1 aliphatic heterocycles. The summed E-state index contributed by atoms with van der Waals surface area (Å²) in [6.45, 7) is 4.96. The van der Waals surface area contributed by atoms with Gasteiger partial charge in [0.2, 0.25) is 0 Å². The van der Waals surface area contributed by atoms with Crippen LogP contribution in [0.25, 0.3) is 0 Å². The molecule has 1 atom stereocenters. The van der Waals surface area contributed by atoms with Gasteiger partial charge >= 0.3 is 0 Å². The smallest absolute Gasteiger partial charge is 0.144 e. The number of hydrogen-bond acceptors (Lipinski definition) is 3. The minimum atomic E-state index is -0.268. The van der Waals surface area contributed by atoms with E-state index in [2.05, 4.69) is 34.1 Å². The molecule has 110 valence electrons. The lowest BCUT2D eigenvalue weighted by atomic mass is 10.1. The van der Waals surface area contributed by atoms with E-state index in [1.54, 1.807) is 13.0 Å². The van der Waals surface area contributed by atoms with Crippen LogP contribution in [0.1, 0.15) is 23.1 Å². The average molecular weight is 286 g/mol. The summed E-state index contributed by atoms with van der Waals surface area (Å²) in [6, 6.07) is 13.6. The van der Waals surface area contributed by atoms with E-state index in [4.69, 9.17) is 4.74 Å². The number of aromatic nitrogens is 1. The normalized spacial score (nSPS) is 19.6. The lowest BCUT2D eigenvalue weighted by Crippen LogP contribution is -2.38. The second kappa shape index (κ2) is 6.33. The van der Waals surface area contributed by atoms with E-state index in [-0.39, 0.29) is 11.9 Å². The van der Waals surface area contributed by atoms with Crippen molar-refractivity contribution < 1.29 is 9.13 Å². The molecule has 21 heavy (non-hydrogen) atoms. The number of rotatable bonds is 3. The maximum absolute atomic E-state index is 13.3. The van der Waals surface area contributed by atoms with Gasteiger partial charge in [0.15, 0.2) is 0 Å². The molecule has 0 aliphatic carbocycles. The monoisotopic (exact) mass is 286 g/mol. The highest BCUT2D eigenvalue weighted by Crippen LogP contribution is 2.22. The molecule has 0 saturated carbocycles. The number of aryl methyl sites for hydroxylation is 1. The van der Waals surface area contributed by atoms with Crippen LogP contribution in [0.15, 0.2) is 42.5 Å². The number of morpholine rings is 1. The molecule has 0 radical (unpaired) electrons. The highest BCUT2D eigenvalue weighted by Gasteiger charge is 2.23. The maximum atomic E-state index is 13.3. The van der Waals surface area contributed by atoms with Gasteiger partial charge < -0.3 is 4.74 Å². The first-order chi connectivity index (χ1) is 10.2. The molecule has 0 amide bonds. The summed E-state index contributed by atoms with van der Waals surface area (Å²) in [5.74, 6) is -0.268. The van der Waals surface area contributed by atoms with Gasteiger partial charge in [0.25, 0.3) is 0 Å². The summed E-state index contributed by atoms with van der Waals surface area (Å²) < 4.78 is 19.1. The van der Waals surface area contributed by atoms with Crippen molar-refractivity contribution >= 4 is 0 Å². The number of nitrogens with zero attached hydrogens (tertiary/aromatic N) is 2. The second-order valence-corrected chi connectivity index (χ2v) is 5.38. The number of ether oxygens (including phenoxy) is 1. The van der Waals surface area contributed by atoms with E-state index in [1.165, 1.54) is 11.6 Å². The third-order valence-corrected chi connectivity index (χ3v) is 3.77. The van der Waals surface area contributed by atoms with Crippen LogP contribution in [-0.2, 0) is 11.3 Å². The van der Waals surface area contributed by atoms with Crippen molar-refractivity contribution in [3.63, 3.8) is 0 Å². The van der Waals surface area contributed by atoms with Crippen molar-refractivity contribution in [1.29, 1.82) is 0 Å². The molecule has 0 bridgehead atoms. The zero-order valence-electron chi connectivity index (χ0n) is 12.1. The minimum absolute atomic E-state index is 0.0817. The standard InChI is InChI=1S/C17H19FN2O/c1-13-15(18)7-8-16(19-13)17-12-20(9-10-21-17)11-14-5-3-2-4-6-14/h2-8,17H,9-12H2,1H3. The average Bonchev–Trinajstić information content (AvgIpc) is 2.51. The van der Waals surface area contributed by atoms with Crippen molar-refractivity contribution in [3.8, 4) is 0 Å². The molecule has 2 heterocycles. The van der Waals surface area contributed by atoms with Gasteiger partial charge in [-0.2, -0.15) is 0 Å². The number of halogens is 1. The van der Waals surface area contributed by atoms with Crippen LogP contribution < -0.4 is 0 Å². The summed E-state index contributed by atoms with van der Waals surface area (Å²) in [7, 11) is 0. The molecule has 1 fully saturated rings. The minimum Gasteiger partial charge on any atom is -0.369 e. The first-order valence-corrected chi connectivity index (χ1v) is 7.23. The molecule has 0 N–H and O–H groups in total. The van der Waals surface area contributed by atoms with Gasteiger partial charge in [0, 0.05) is 19.6 Å². The molecular formula is C17H19FN2O. The summed E-state index contributed by atoms with van der Waals surface area (Å²) in [4.78, 5) is 6.66. The fourth-order valence-corrected chi connectivity index (χ4v) is 2.61. The highest BCUT2D eigenvalue weighted by atomic mass is 19.1. The summed E-state index contributed by atoms with van der Waals surface area (Å²) in [5, 5.41) is 0. The van der Waals surface area contributed by atoms with Crippen LogP contribution >= 0.6 is 0 Å². The van der Waals surface area contributed by atoms with Crippen molar-refractivity contribution in [2.45, 2.75) is 19.6 Å². The third-order valence-electron chi connectivity index (χ3n) is 3.77. The van der Waals surface area contributed by atoms with E-state index < -0.39 is 0 Å². The molecule has 1 unspecified atom stereocenters. The van der Waals surface area contributed by atoms with E-state index in [9.17, 15) is 4.39 Å². The van der Waals surface area contributed by atoms with Crippen molar-refractivity contribution in [2.75, 3.05) is 19.7 Å². The van der Waals surface area contributed by atoms with E-state index in [0.29, 0.717) is 12.3 Å². The Hall–Kier alpha value is -1.78. The quantitative estimate of drug-likeness (QED) is 0.867. The van der Waals surface area contributed by atoms with Crippen molar-refractivity contribution in [2.24, 2.45) is 0 Å². The van der Waals surface area contributed by atoms with Crippen LogP contribution in [0.4, 0.5) is 4.39 Å². The Morgan fingerprint density at radius 1 is 1.24 bits per heavy atom. The van der Waals surface area contributed by atoms with Crippen molar-refractivity contribution in [3.05, 3.63) is 65.2 Å². The lowest BCUT2D eigenvalue weighted by molar-refractivity contribution is -0.0351. The SMILES string of the molecule is Cc1nc(C2CN(Cc3ccccc3)CCO2)ccc1F. The molecule has 1 aromatic carbocycles. The first-order valence-electron chi connectivity index (χ1n) is 7.23. The maximum Gasteiger partial charge on any atom is 0.144 e. The second-order valence-electron chi connectivity index (χ2n) is 5.38. The Labute approximate surface area is 124 Å². The van der Waals surface area contributed by atoms with E-state index in [0.717, 1.165) is 25.3 Å². The van der Waals surface area contributed by atoms with E-state index >= 15 is 0 Å². The number of benzene rings is 1. The first kappa shape index (κ1) is 14.2. The Morgan fingerprint density at radius 2 is 2.05 bits per heavy atom. The van der Waals surface area contributed by atoms with Crippen LogP contribution in [0.2, 0.25) is 0 Å². The van der Waals surface area contributed by atoms with Gasteiger partial charge in [-0.3, -0.25) is 9.88 Å². The van der Waals surface area contributed by atoms with Crippen LogP contribution in [0, 0.1) is 12.7 Å². The largest absolute Gasteiger partial charge is 0.369 e. The van der Waals surface area contributed by atoms with E-state index in [1.807, 2.05) is 6.07 Å². The molecule has 3 rings (SSSR count). The van der Waals surface area contributed by atoms with Crippen LogP contribution in [0.5, 0.6) is 0 Å². The summed E-state index contributed by atoms with van der Waals surface area (Å²) in [5.41, 5.74) is 2.53. The molecule has 1 aliphatic rings.